The van der Waals surface area contributed by atoms with Gasteiger partial charge in [0.25, 0.3) is 10.0 Å². The Morgan fingerprint density at radius 1 is 1.03 bits per heavy atom. The van der Waals surface area contributed by atoms with Crippen LogP contribution in [-0.4, -0.2) is 30.6 Å². The van der Waals surface area contributed by atoms with Crippen molar-refractivity contribution in [2.45, 2.75) is 17.7 Å². The van der Waals surface area contributed by atoms with E-state index in [2.05, 4.69) is 0 Å². The van der Waals surface area contributed by atoms with Crippen molar-refractivity contribution >= 4 is 26.9 Å². The largest absolute Gasteiger partial charge is 0.497 e. The number of aliphatic carboxylic acids is 1. The Morgan fingerprint density at radius 2 is 1.75 bits per heavy atom. The Morgan fingerprint density at radius 3 is 2.44 bits per heavy atom. The Bertz CT molecular complexity index is 1430. The fourth-order valence-corrected chi connectivity index (χ4v) is 5.07. The first-order valence-electron chi connectivity index (χ1n) is 9.81. The molecule has 0 aliphatic carbocycles. The second-order valence-electron chi connectivity index (χ2n) is 7.27. The monoisotopic (exact) mass is 453 g/mol. The third-order valence-electron chi connectivity index (χ3n) is 5.22. The first-order chi connectivity index (χ1) is 15.3. The van der Waals surface area contributed by atoms with Crippen LogP contribution in [-0.2, 0) is 21.2 Å². The van der Waals surface area contributed by atoms with Crippen LogP contribution in [0.5, 0.6) is 5.75 Å². The van der Waals surface area contributed by atoms with Crippen LogP contribution in [0, 0.1) is 5.82 Å². The highest BCUT2D eigenvalue weighted by Gasteiger charge is 2.22. The number of benzene rings is 3. The van der Waals surface area contributed by atoms with Crippen molar-refractivity contribution in [2.24, 2.45) is 0 Å². The number of rotatable bonds is 7. The van der Waals surface area contributed by atoms with Gasteiger partial charge in [0.05, 0.1) is 17.5 Å². The Balaban J connectivity index is 1.84. The topological polar surface area (TPSA) is 85.6 Å². The summed E-state index contributed by atoms with van der Waals surface area (Å²) in [4.78, 5) is 11.1. The van der Waals surface area contributed by atoms with Crippen molar-refractivity contribution in [1.29, 1.82) is 0 Å². The van der Waals surface area contributed by atoms with E-state index in [1.807, 2.05) is 0 Å². The molecule has 0 unspecified atom stereocenters. The first-order valence-corrected chi connectivity index (χ1v) is 11.2. The molecule has 1 N–H and O–H groups in total. The summed E-state index contributed by atoms with van der Waals surface area (Å²) >= 11 is 0. The second-order valence-corrected chi connectivity index (χ2v) is 9.09. The lowest BCUT2D eigenvalue weighted by Gasteiger charge is -2.10. The SMILES string of the molecule is COc1ccc2c(c1)c(CCC(=O)O)cn2S(=O)(=O)c1cccc(-c2cccc(F)c2)c1. The van der Waals surface area contributed by atoms with Gasteiger partial charge in [-0.15, -0.1) is 0 Å². The van der Waals surface area contributed by atoms with Crippen LogP contribution in [0.15, 0.2) is 77.8 Å². The molecule has 3 aromatic carbocycles. The molecule has 32 heavy (non-hydrogen) atoms. The molecule has 0 aliphatic heterocycles. The molecule has 0 amide bonds. The van der Waals surface area contributed by atoms with Crippen LogP contribution in [0.3, 0.4) is 0 Å². The van der Waals surface area contributed by atoms with E-state index in [-0.39, 0.29) is 17.7 Å². The summed E-state index contributed by atoms with van der Waals surface area (Å²) in [7, 11) is -2.51. The molecule has 0 bridgehead atoms. The molecule has 0 fully saturated rings. The summed E-state index contributed by atoms with van der Waals surface area (Å²) in [5.74, 6) is -0.846. The number of nitrogens with zero attached hydrogens (tertiary/aromatic N) is 1. The van der Waals surface area contributed by atoms with E-state index in [1.54, 1.807) is 42.5 Å². The lowest BCUT2D eigenvalue weighted by Crippen LogP contribution is -2.12. The highest BCUT2D eigenvalue weighted by molar-refractivity contribution is 7.90. The van der Waals surface area contributed by atoms with Crippen LogP contribution in [0.4, 0.5) is 4.39 Å². The Kier molecular flexibility index (Phi) is 5.71. The maximum Gasteiger partial charge on any atom is 0.303 e. The van der Waals surface area contributed by atoms with E-state index in [9.17, 15) is 17.6 Å². The van der Waals surface area contributed by atoms with Crippen LogP contribution in [0.2, 0.25) is 0 Å². The molecule has 4 aromatic rings. The molecule has 6 nitrogen and oxygen atoms in total. The van der Waals surface area contributed by atoms with Gasteiger partial charge >= 0.3 is 5.97 Å². The Hall–Kier alpha value is -3.65. The van der Waals surface area contributed by atoms with Gasteiger partial charge in [-0.2, -0.15) is 0 Å². The van der Waals surface area contributed by atoms with Crippen molar-refractivity contribution in [2.75, 3.05) is 7.11 Å². The van der Waals surface area contributed by atoms with Gasteiger partial charge in [0.2, 0.25) is 0 Å². The fraction of sp³-hybridized carbons (Fsp3) is 0.125. The number of hydrogen-bond donors (Lipinski definition) is 1. The number of ether oxygens (including phenoxy) is 1. The van der Waals surface area contributed by atoms with E-state index in [4.69, 9.17) is 9.84 Å². The van der Waals surface area contributed by atoms with Gasteiger partial charge in [-0.1, -0.05) is 24.3 Å². The molecule has 0 radical (unpaired) electrons. The average Bonchev–Trinajstić information content (AvgIpc) is 3.16. The van der Waals surface area contributed by atoms with E-state index in [0.717, 1.165) is 3.97 Å². The van der Waals surface area contributed by atoms with Gasteiger partial charge in [0, 0.05) is 18.0 Å². The molecule has 1 heterocycles. The molecule has 0 aliphatic rings. The van der Waals surface area contributed by atoms with Crippen molar-refractivity contribution in [3.8, 4) is 16.9 Å². The van der Waals surface area contributed by atoms with Crippen LogP contribution < -0.4 is 4.74 Å². The maximum absolute atomic E-state index is 13.6. The summed E-state index contributed by atoms with van der Waals surface area (Å²) in [6.45, 7) is 0. The first kappa shape index (κ1) is 21.6. The summed E-state index contributed by atoms with van der Waals surface area (Å²) in [6.07, 6.45) is 1.49. The number of fused-ring (bicyclic) bond motifs is 1. The number of hydrogen-bond acceptors (Lipinski definition) is 4. The molecular weight excluding hydrogens is 433 g/mol. The van der Waals surface area contributed by atoms with Crippen molar-refractivity contribution in [3.05, 3.63) is 84.3 Å². The van der Waals surface area contributed by atoms with Gasteiger partial charge in [-0.05, 0) is 65.6 Å². The number of carboxylic acids is 1. The van der Waals surface area contributed by atoms with Crippen LogP contribution in [0.25, 0.3) is 22.0 Å². The van der Waals surface area contributed by atoms with Crippen molar-refractivity contribution in [3.63, 3.8) is 0 Å². The second kappa shape index (κ2) is 8.47. The smallest absolute Gasteiger partial charge is 0.303 e. The van der Waals surface area contributed by atoms with Gasteiger partial charge < -0.3 is 9.84 Å². The predicted octanol–water partition coefficient (Wildman–Crippen LogP) is 4.71. The van der Waals surface area contributed by atoms with Gasteiger partial charge in [0.1, 0.15) is 11.6 Å². The molecular formula is C24H20FNO5S. The average molecular weight is 453 g/mol. The van der Waals surface area contributed by atoms with E-state index < -0.39 is 21.8 Å². The lowest BCUT2D eigenvalue weighted by atomic mass is 10.1. The fourth-order valence-electron chi connectivity index (χ4n) is 3.63. The normalized spacial score (nSPS) is 11.6. The number of aryl methyl sites for hydroxylation is 1. The zero-order valence-electron chi connectivity index (χ0n) is 17.2. The molecule has 1 aromatic heterocycles. The predicted molar refractivity (Wildman–Crippen MR) is 119 cm³/mol. The minimum atomic E-state index is -4.01. The lowest BCUT2D eigenvalue weighted by molar-refractivity contribution is -0.136. The number of aromatic nitrogens is 1. The zero-order chi connectivity index (χ0) is 22.9. The van der Waals surface area contributed by atoms with E-state index in [0.29, 0.717) is 33.3 Å². The third-order valence-corrected chi connectivity index (χ3v) is 6.89. The van der Waals surface area contributed by atoms with Crippen molar-refractivity contribution in [1.82, 2.24) is 3.97 Å². The Labute approximate surface area is 184 Å². The van der Waals surface area contributed by atoms with Crippen LogP contribution >= 0.6 is 0 Å². The molecule has 4 rings (SSSR count). The van der Waals surface area contributed by atoms with Crippen molar-refractivity contribution < 1.29 is 27.4 Å². The number of methoxy groups -OCH3 is 1. The molecule has 8 heteroatoms. The van der Waals surface area contributed by atoms with Gasteiger partial charge in [0.15, 0.2) is 0 Å². The number of carbonyl (C=O) groups is 1. The molecule has 0 saturated heterocycles. The number of halogens is 1. The summed E-state index contributed by atoms with van der Waals surface area (Å²) in [5, 5.41) is 9.68. The molecule has 0 saturated carbocycles. The zero-order valence-corrected chi connectivity index (χ0v) is 18.0. The highest BCUT2D eigenvalue weighted by Crippen LogP contribution is 2.31. The standard InChI is InChI=1S/C24H20FNO5S/c1-31-20-9-10-23-22(14-20)18(8-11-24(27)28)15-26(23)32(29,30)21-7-3-5-17(13-21)16-4-2-6-19(25)12-16/h2-7,9-10,12-15H,8,11H2,1H3,(H,27,28). The number of carboxylic acid groups (broad SMARTS) is 1. The molecule has 0 atom stereocenters. The maximum atomic E-state index is 13.6. The molecule has 0 spiro atoms. The third kappa shape index (κ3) is 4.09. The summed E-state index contributed by atoms with van der Waals surface area (Å²) in [5.41, 5.74) is 2.13. The van der Waals surface area contributed by atoms with E-state index >= 15 is 0 Å². The minimum Gasteiger partial charge on any atom is -0.497 e. The summed E-state index contributed by atoms with van der Waals surface area (Å²) < 4.78 is 47.1. The summed E-state index contributed by atoms with van der Waals surface area (Å²) in [6, 6.07) is 17.2. The molecule has 164 valence electrons. The van der Waals surface area contributed by atoms with Gasteiger partial charge in [-0.3, -0.25) is 4.79 Å². The highest BCUT2D eigenvalue weighted by atomic mass is 32.2. The minimum absolute atomic E-state index is 0.0387. The quantitative estimate of drug-likeness (QED) is 0.438. The van der Waals surface area contributed by atoms with Crippen LogP contribution in [0.1, 0.15) is 12.0 Å². The van der Waals surface area contributed by atoms with E-state index in [1.165, 1.54) is 37.6 Å². The van der Waals surface area contributed by atoms with Gasteiger partial charge in [-0.25, -0.2) is 16.8 Å².